The Balaban J connectivity index is 0.000000169. The smallest absolute Gasteiger partial charge is 0.316 e. The zero-order chi connectivity index (χ0) is 20.3. The standard InChI is InChI=1S/C13H16N2O.C6H12N4OS/c14-13(16)15-12-10-5-1-3-8(10)7-9-4-2-6-11(9)12;1-5(2)9-4-3-6(8-9)10(11)12-7/h7H,1-6H2,(H3,14,15,16);3-5,11H,7H2,1-2H3. The molecule has 0 unspecified atom stereocenters. The molecule has 0 aliphatic heterocycles. The van der Waals surface area contributed by atoms with Crippen molar-refractivity contribution < 1.29 is 10.0 Å². The van der Waals surface area contributed by atoms with Crippen molar-refractivity contribution in [1.82, 2.24) is 9.78 Å². The van der Waals surface area contributed by atoms with E-state index in [1.165, 1.54) is 35.1 Å². The molecule has 6 N–H and O–H groups in total. The topological polar surface area (TPSA) is 122 Å². The fourth-order valence-corrected chi connectivity index (χ4v) is 4.07. The van der Waals surface area contributed by atoms with Gasteiger partial charge in [0.05, 0.1) is 12.1 Å². The zero-order valence-electron chi connectivity index (χ0n) is 16.3. The highest BCUT2D eigenvalue weighted by molar-refractivity contribution is 7.98. The first-order valence-corrected chi connectivity index (χ1v) is 10.4. The lowest BCUT2D eigenvalue weighted by Gasteiger charge is -2.14. The van der Waals surface area contributed by atoms with Crippen molar-refractivity contribution in [2.45, 2.75) is 58.4 Å². The molecule has 0 radical (unpaired) electrons. The molecule has 9 heteroatoms. The lowest BCUT2D eigenvalue weighted by atomic mass is 9.99. The van der Waals surface area contributed by atoms with Gasteiger partial charge < -0.3 is 11.1 Å². The first kappa shape index (κ1) is 20.5. The average Bonchev–Trinajstić information content (AvgIpc) is 3.40. The Morgan fingerprint density at radius 2 is 1.86 bits per heavy atom. The normalized spacial score (nSPS) is 14.3. The van der Waals surface area contributed by atoms with Crippen molar-refractivity contribution in [2.75, 3.05) is 9.79 Å². The van der Waals surface area contributed by atoms with Crippen LogP contribution < -0.4 is 20.7 Å². The van der Waals surface area contributed by atoms with Crippen LogP contribution >= 0.6 is 12.1 Å². The molecule has 1 aromatic heterocycles. The Bertz CT molecular complexity index is 819. The number of carbonyl (C=O) groups excluding carboxylic acids is 1. The number of fused-ring (bicyclic) bond motifs is 2. The maximum atomic E-state index is 11.1. The summed E-state index contributed by atoms with van der Waals surface area (Å²) in [6, 6.07) is 3.89. The molecular weight excluding hydrogens is 376 g/mol. The van der Waals surface area contributed by atoms with Gasteiger partial charge in [0.2, 0.25) is 0 Å². The van der Waals surface area contributed by atoms with Gasteiger partial charge in [-0.25, -0.2) is 4.79 Å². The molecule has 1 aromatic carbocycles. The van der Waals surface area contributed by atoms with Gasteiger partial charge in [0, 0.05) is 24.0 Å². The second-order valence-electron chi connectivity index (χ2n) is 7.35. The van der Waals surface area contributed by atoms with Gasteiger partial charge in [-0.05, 0) is 74.6 Å². The Morgan fingerprint density at radius 3 is 2.32 bits per heavy atom. The largest absolute Gasteiger partial charge is 0.351 e. The van der Waals surface area contributed by atoms with Gasteiger partial charge in [-0.15, -0.1) is 0 Å². The number of benzene rings is 1. The summed E-state index contributed by atoms with van der Waals surface area (Å²) in [6.07, 6.45) is 8.65. The zero-order valence-corrected chi connectivity index (χ0v) is 17.1. The summed E-state index contributed by atoms with van der Waals surface area (Å²) in [6.45, 7) is 4.02. The van der Waals surface area contributed by atoms with Crippen LogP contribution in [-0.4, -0.2) is 21.0 Å². The molecule has 2 aromatic rings. The van der Waals surface area contributed by atoms with Crippen LogP contribution in [0.3, 0.4) is 0 Å². The van der Waals surface area contributed by atoms with E-state index in [4.69, 9.17) is 16.1 Å². The number of amides is 2. The van der Waals surface area contributed by atoms with E-state index < -0.39 is 6.03 Å². The van der Waals surface area contributed by atoms with Crippen molar-refractivity contribution in [3.8, 4) is 0 Å². The molecule has 0 spiro atoms. The van der Waals surface area contributed by atoms with E-state index in [0.717, 1.165) is 35.8 Å². The van der Waals surface area contributed by atoms with Gasteiger partial charge in [0.15, 0.2) is 5.82 Å². The number of rotatable bonds is 4. The number of nitrogens with two attached hydrogens (primary N) is 2. The van der Waals surface area contributed by atoms with E-state index >= 15 is 0 Å². The Labute approximate surface area is 169 Å². The number of aryl methyl sites for hydroxylation is 2. The molecule has 2 aliphatic rings. The van der Waals surface area contributed by atoms with Gasteiger partial charge >= 0.3 is 6.03 Å². The number of urea groups is 1. The predicted octanol–water partition coefficient (Wildman–Crippen LogP) is 3.34. The van der Waals surface area contributed by atoms with Crippen LogP contribution in [0.5, 0.6) is 0 Å². The van der Waals surface area contributed by atoms with Crippen molar-refractivity contribution in [2.24, 2.45) is 10.9 Å². The van der Waals surface area contributed by atoms with Gasteiger partial charge in [0.25, 0.3) is 0 Å². The average molecular weight is 405 g/mol. The maximum absolute atomic E-state index is 11.1. The molecule has 0 bridgehead atoms. The number of carbonyl (C=O) groups is 1. The molecule has 8 nitrogen and oxygen atoms in total. The van der Waals surface area contributed by atoms with E-state index in [9.17, 15) is 4.79 Å². The number of hydrogen-bond donors (Lipinski definition) is 4. The van der Waals surface area contributed by atoms with E-state index in [2.05, 4.69) is 16.5 Å². The SMILES string of the molecule is CC(C)n1ccc(N(O)SN)n1.NC(=O)Nc1c2c(cc3c1CCC3)CCC2. The highest BCUT2D eigenvalue weighted by Crippen LogP contribution is 2.38. The molecule has 1 heterocycles. The molecule has 0 saturated carbocycles. The monoisotopic (exact) mass is 404 g/mol. The fraction of sp³-hybridized carbons (Fsp3) is 0.474. The molecular formula is C19H28N6O2S. The molecule has 4 rings (SSSR count). The molecule has 2 amide bonds. The minimum atomic E-state index is -0.436. The van der Waals surface area contributed by atoms with Crippen molar-refractivity contribution in [3.05, 3.63) is 40.6 Å². The van der Waals surface area contributed by atoms with Crippen molar-refractivity contribution in [3.63, 3.8) is 0 Å². The minimum absolute atomic E-state index is 0.287. The quantitative estimate of drug-likeness (QED) is 0.458. The lowest BCUT2D eigenvalue weighted by Crippen LogP contribution is -2.21. The Hall–Kier alpha value is -2.23. The molecule has 0 saturated heterocycles. The third kappa shape index (κ3) is 4.43. The lowest BCUT2D eigenvalue weighted by molar-refractivity contribution is 0.259. The summed E-state index contributed by atoms with van der Waals surface area (Å²) in [5.74, 6) is 0.441. The third-order valence-electron chi connectivity index (χ3n) is 5.14. The first-order chi connectivity index (χ1) is 13.4. The second-order valence-corrected chi connectivity index (χ2v) is 7.91. The second kappa shape index (κ2) is 8.85. The summed E-state index contributed by atoms with van der Waals surface area (Å²) in [7, 11) is 0. The highest BCUT2D eigenvalue weighted by atomic mass is 32.2. The minimum Gasteiger partial charge on any atom is -0.351 e. The number of nitrogens with one attached hydrogen (secondary N) is 1. The van der Waals surface area contributed by atoms with Crippen molar-refractivity contribution in [1.29, 1.82) is 0 Å². The Morgan fingerprint density at radius 1 is 1.25 bits per heavy atom. The van der Waals surface area contributed by atoms with Crippen LogP contribution in [0, 0.1) is 0 Å². The summed E-state index contributed by atoms with van der Waals surface area (Å²) in [4.78, 5) is 11.1. The summed E-state index contributed by atoms with van der Waals surface area (Å²) < 4.78 is 2.56. The third-order valence-corrected chi connectivity index (χ3v) is 5.53. The van der Waals surface area contributed by atoms with Gasteiger partial charge in [0.1, 0.15) is 0 Å². The van der Waals surface area contributed by atoms with E-state index in [0.29, 0.717) is 18.0 Å². The molecule has 0 fully saturated rings. The van der Waals surface area contributed by atoms with E-state index in [-0.39, 0.29) is 6.04 Å². The molecule has 152 valence electrons. The van der Waals surface area contributed by atoms with Crippen LogP contribution in [0.4, 0.5) is 16.3 Å². The maximum Gasteiger partial charge on any atom is 0.316 e. The first-order valence-electron chi connectivity index (χ1n) is 9.54. The number of primary amides is 1. The summed E-state index contributed by atoms with van der Waals surface area (Å²) >= 11 is 0.716. The van der Waals surface area contributed by atoms with Crippen LogP contribution in [0.1, 0.15) is 55.0 Å². The Kier molecular flexibility index (Phi) is 6.48. The van der Waals surface area contributed by atoms with E-state index in [1.807, 2.05) is 13.8 Å². The summed E-state index contributed by atoms with van der Waals surface area (Å²) in [5.41, 5.74) is 11.8. The van der Waals surface area contributed by atoms with Gasteiger partial charge in [-0.1, -0.05) is 6.07 Å². The molecule has 0 atom stereocenters. The molecule has 2 aliphatic carbocycles. The summed E-state index contributed by atoms with van der Waals surface area (Å²) in [5, 5.41) is 21.2. The van der Waals surface area contributed by atoms with E-state index in [1.54, 1.807) is 16.9 Å². The van der Waals surface area contributed by atoms with Crippen LogP contribution in [0.15, 0.2) is 18.3 Å². The van der Waals surface area contributed by atoms with Gasteiger partial charge in [-0.3, -0.25) is 15.0 Å². The number of hydrogen-bond acceptors (Lipinski definition) is 6. The molecule has 28 heavy (non-hydrogen) atoms. The number of aromatic nitrogens is 2. The van der Waals surface area contributed by atoms with Crippen LogP contribution in [-0.2, 0) is 25.7 Å². The van der Waals surface area contributed by atoms with Crippen molar-refractivity contribution >= 4 is 29.7 Å². The van der Waals surface area contributed by atoms with Crippen LogP contribution in [0.2, 0.25) is 0 Å². The predicted molar refractivity (Wildman–Crippen MR) is 112 cm³/mol. The highest BCUT2D eigenvalue weighted by Gasteiger charge is 2.24. The number of anilines is 2. The fourth-order valence-electron chi connectivity index (χ4n) is 3.86. The number of nitrogens with zero attached hydrogens (tertiary/aromatic N) is 3. The van der Waals surface area contributed by atoms with Crippen LogP contribution in [0.25, 0.3) is 0 Å². The van der Waals surface area contributed by atoms with Gasteiger partial charge in [-0.2, -0.15) is 9.57 Å².